The molecule has 3 rings (SSSR count). The van der Waals surface area contributed by atoms with Gasteiger partial charge in [-0.25, -0.2) is 4.79 Å². The molecule has 1 saturated heterocycles. The summed E-state index contributed by atoms with van der Waals surface area (Å²) in [5.74, 6) is 0.533. The van der Waals surface area contributed by atoms with Crippen molar-refractivity contribution in [2.24, 2.45) is 10.7 Å². The van der Waals surface area contributed by atoms with Gasteiger partial charge in [-0.05, 0) is 44.1 Å². The van der Waals surface area contributed by atoms with Crippen molar-refractivity contribution in [1.29, 1.82) is 0 Å². The number of hydrogen-bond acceptors (Lipinski definition) is 4. The maximum absolute atomic E-state index is 11.8. The Labute approximate surface area is 166 Å². The maximum atomic E-state index is 11.8. The fourth-order valence-electron chi connectivity index (χ4n) is 4.20. The van der Waals surface area contributed by atoms with Crippen molar-refractivity contribution in [3.8, 4) is 0 Å². The Balaban J connectivity index is 1.52. The number of carbonyl (C=O) groups excluding carboxylic acids is 1. The van der Waals surface area contributed by atoms with Gasteiger partial charge in [-0.3, -0.25) is 4.99 Å². The summed E-state index contributed by atoms with van der Waals surface area (Å²) in [7, 11) is 0. The van der Waals surface area contributed by atoms with Gasteiger partial charge < -0.3 is 20.7 Å². The Morgan fingerprint density at radius 1 is 1.37 bits per heavy atom. The van der Waals surface area contributed by atoms with Crippen molar-refractivity contribution in [1.82, 2.24) is 10.2 Å². The molecule has 150 valence electrons. The molecule has 0 radical (unpaired) electrons. The number of rotatable bonds is 5. The van der Waals surface area contributed by atoms with E-state index in [1.54, 1.807) is 4.90 Å². The number of nitrogens with zero attached hydrogens (tertiary/aromatic N) is 2. The summed E-state index contributed by atoms with van der Waals surface area (Å²) in [5, 5.41) is 5.53. The van der Waals surface area contributed by atoms with Gasteiger partial charge in [-0.15, -0.1) is 11.3 Å². The average Bonchev–Trinajstić information content (AvgIpc) is 3.23. The predicted octanol–water partition coefficient (Wildman–Crippen LogP) is 3.48. The number of carbonyl (C=O) groups is 1. The molecule has 7 heteroatoms. The predicted molar refractivity (Wildman–Crippen MR) is 110 cm³/mol. The van der Waals surface area contributed by atoms with Crippen molar-refractivity contribution in [3.63, 3.8) is 0 Å². The summed E-state index contributed by atoms with van der Waals surface area (Å²) in [5.41, 5.74) is 6.37. The Morgan fingerprint density at radius 2 is 2.11 bits per heavy atom. The minimum Gasteiger partial charge on any atom is -0.450 e. The summed E-state index contributed by atoms with van der Waals surface area (Å²) in [4.78, 5) is 19.7. The molecule has 6 nitrogen and oxygen atoms in total. The van der Waals surface area contributed by atoms with Crippen LogP contribution in [0.1, 0.15) is 56.7 Å². The Bertz CT molecular complexity index is 618. The molecule has 1 aliphatic heterocycles. The zero-order valence-corrected chi connectivity index (χ0v) is 17.1. The molecule has 2 fully saturated rings. The number of likely N-dealkylation sites (tertiary alicyclic amines) is 1. The zero-order valence-electron chi connectivity index (χ0n) is 16.3. The van der Waals surface area contributed by atoms with Crippen LogP contribution in [0.25, 0.3) is 0 Å². The average molecular weight is 393 g/mol. The third-order valence-electron chi connectivity index (χ3n) is 5.78. The van der Waals surface area contributed by atoms with Crippen LogP contribution in [0, 0.1) is 0 Å². The lowest BCUT2D eigenvalue weighted by Crippen LogP contribution is -2.49. The minimum atomic E-state index is -0.215. The number of nitrogens with one attached hydrogen (secondary N) is 1. The number of amides is 1. The standard InChI is InChI=1S/C20H32N4O2S/c1-2-26-19(25)24-12-8-16(9-13-24)23-18(21)22-15-20(10-4-3-5-11-20)17-7-6-14-27-17/h6-7,14,16H,2-5,8-13,15H2,1H3,(H3,21,22,23). The molecule has 27 heavy (non-hydrogen) atoms. The van der Waals surface area contributed by atoms with E-state index in [4.69, 9.17) is 15.5 Å². The first-order valence-corrected chi connectivity index (χ1v) is 11.0. The van der Waals surface area contributed by atoms with Crippen LogP contribution >= 0.6 is 11.3 Å². The van der Waals surface area contributed by atoms with Gasteiger partial charge in [0.1, 0.15) is 0 Å². The first kappa shape index (κ1) is 20.0. The minimum absolute atomic E-state index is 0.159. The number of thiophene rings is 1. The summed E-state index contributed by atoms with van der Waals surface area (Å²) in [6, 6.07) is 4.66. The van der Waals surface area contributed by atoms with Crippen molar-refractivity contribution in [3.05, 3.63) is 22.4 Å². The lowest BCUT2D eigenvalue weighted by molar-refractivity contribution is 0.0963. The lowest BCUT2D eigenvalue weighted by Gasteiger charge is -2.35. The van der Waals surface area contributed by atoms with E-state index in [1.807, 2.05) is 18.3 Å². The molecule has 1 amide bonds. The van der Waals surface area contributed by atoms with E-state index in [-0.39, 0.29) is 17.6 Å². The van der Waals surface area contributed by atoms with E-state index in [2.05, 4.69) is 22.8 Å². The molecule has 0 unspecified atom stereocenters. The number of guanidine groups is 1. The molecule has 0 atom stereocenters. The van der Waals surface area contributed by atoms with Gasteiger partial charge in [0.2, 0.25) is 0 Å². The first-order chi connectivity index (χ1) is 13.1. The molecule has 0 spiro atoms. The van der Waals surface area contributed by atoms with Crippen LogP contribution in [0.5, 0.6) is 0 Å². The summed E-state index contributed by atoms with van der Waals surface area (Å²) in [6.07, 6.45) is 7.78. The summed E-state index contributed by atoms with van der Waals surface area (Å²) < 4.78 is 5.07. The Morgan fingerprint density at radius 3 is 2.74 bits per heavy atom. The van der Waals surface area contributed by atoms with Crippen molar-refractivity contribution >= 4 is 23.4 Å². The molecule has 1 aliphatic carbocycles. The third kappa shape index (κ3) is 5.15. The molecular weight excluding hydrogens is 360 g/mol. The van der Waals surface area contributed by atoms with Crippen molar-refractivity contribution in [2.75, 3.05) is 26.2 Å². The number of piperidine rings is 1. The third-order valence-corrected chi connectivity index (χ3v) is 6.90. The van der Waals surface area contributed by atoms with E-state index < -0.39 is 0 Å². The SMILES string of the molecule is CCOC(=O)N1CCC(NC(N)=NCC2(c3cccs3)CCCCC2)CC1. The van der Waals surface area contributed by atoms with Gasteiger partial charge in [-0.1, -0.05) is 25.3 Å². The largest absolute Gasteiger partial charge is 0.450 e. The highest BCUT2D eigenvalue weighted by molar-refractivity contribution is 7.10. The van der Waals surface area contributed by atoms with Crippen LogP contribution in [0.4, 0.5) is 4.79 Å². The first-order valence-electron chi connectivity index (χ1n) is 10.1. The molecule has 2 heterocycles. The second-order valence-corrected chi connectivity index (χ2v) is 8.57. The highest BCUT2D eigenvalue weighted by Crippen LogP contribution is 2.41. The number of hydrogen-bond donors (Lipinski definition) is 2. The molecule has 1 aromatic rings. The van der Waals surface area contributed by atoms with Gasteiger partial charge in [0.25, 0.3) is 0 Å². The van der Waals surface area contributed by atoms with E-state index in [0.717, 1.165) is 19.4 Å². The van der Waals surface area contributed by atoms with Crippen LogP contribution in [-0.4, -0.2) is 49.2 Å². The van der Waals surface area contributed by atoms with Crippen LogP contribution in [0.15, 0.2) is 22.5 Å². The molecule has 1 aromatic heterocycles. The molecule has 0 aromatic carbocycles. The second-order valence-electron chi connectivity index (χ2n) is 7.62. The van der Waals surface area contributed by atoms with E-state index in [0.29, 0.717) is 25.7 Å². The highest BCUT2D eigenvalue weighted by Gasteiger charge is 2.34. The summed E-state index contributed by atoms with van der Waals surface area (Å²) in [6.45, 7) is 4.40. The monoisotopic (exact) mass is 392 g/mol. The molecular formula is C20H32N4O2S. The molecule has 2 aliphatic rings. The topological polar surface area (TPSA) is 80.0 Å². The Kier molecular flexibility index (Phi) is 6.99. The quantitative estimate of drug-likeness (QED) is 0.594. The van der Waals surface area contributed by atoms with Gasteiger partial charge in [0, 0.05) is 29.4 Å². The molecule has 0 bridgehead atoms. The summed E-state index contributed by atoms with van der Waals surface area (Å²) >= 11 is 1.84. The van der Waals surface area contributed by atoms with E-state index in [1.165, 1.54) is 37.0 Å². The highest BCUT2D eigenvalue weighted by atomic mass is 32.1. The van der Waals surface area contributed by atoms with E-state index >= 15 is 0 Å². The smallest absolute Gasteiger partial charge is 0.409 e. The Hall–Kier alpha value is -1.76. The van der Waals surface area contributed by atoms with Gasteiger partial charge in [0.15, 0.2) is 5.96 Å². The lowest BCUT2D eigenvalue weighted by atomic mass is 9.73. The molecule has 3 N–H and O–H groups in total. The zero-order chi connectivity index (χ0) is 19.1. The van der Waals surface area contributed by atoms with Crippen LogP contribution in [0.3, 0.4) is 0 Å². The molecule has 1 saturated carbocycles. The number of aliphatic imine (C=N–C) groups is 1. The van der Waals surface area contributed by atoms with Crippen molar-refractivity contribution < 1.29 is 9.53 Å². The van der Waals surface area contributed by atoms with Gasteiger partial charge in [0.05, 0.1) is 13.2 Å². The van der Waals surface area contributed by atoms with Gasteiger partial charge >= 0.3 is 6.09 Å². The maximum Gasteiger partial charge on any atom is 0.409 e. The van der Waals surface area contributed by atoms with Crippen molar-refractivity contribution in [2.45, 2.75) is 63.3 Å². The fourth-order valence-corrected chi connectivity index (χ4v) is 5.18. The van der Waals surface area contributed by atoms with Crippen LogP contribution < -0.4 is 11.1 Å². The fraction of sp³-hybridized carbons (Fsp3) is 0.700. The number of nitrogens with two attached hydrogens (primary N) is 1. The van der Waals surface area contributed by atoms with Crippen LogP contribution in [-0.2, 0) is 10.2 Å². The van der Waals surface area contributed by atoms with Crippen LogP contribution in [0.2, 0.25) is 0 Å². The van der Waals surface area contributed by atoms with Gasteiger partial charge in [-0.2, -0.15) is 0 Å². The second kappa shape index (κ2) is 9.44. The van der Waals surface area contributed by atoms with E-state index in [9.17, 15) is 4.79 Å². The number of ether oxygens (including phenoxy) is 1. The normalized spacial score (nSPS) is 21.1.